The number of hydrogen-bond acceptors (Lipinski definition) is 4. The maximum Gasteiger partial charge on any atom is 0.274 e. The third kappa shape index (κ3) is 4.78. The van der Waals surface area contributed by atoms with Crippen molar-refractivity contribution in [3.05, 3.63) is 46.9 Å². The molecule has 1 heterocycles. The lowest BCUT2D eigenvalue weighted by atomic mass is 10.1. The van der Waals surface area contributed by atoms with Crippen molar-refractivity contribution in [1.29, 1.82) is 0 Å². The fourth-order valence-electron chi connectivity index (χ4n) is 2.34. The van der Waals surface area contributed by atoms with Gasteiger partial charge in [-0.25, -0.2) is 9.97 Å². The Labute approximate surface area is 143 Å². The molecule has 0 saturated heterocycles. The van der Waals surface area contributed by atoms with Gasteiger partial charge in [-0.2, -0.15) is 0 Å². The minimum Gasteiger partial charge on any atom is -0.370 e. The molecule has 1 aromatic carbocycles. The van der Waals surface area contributed by atoms with Crippen LogP contribution in [-0.2, 0) is 0 Å². The number of anilines is 2. The zero-order valence-corrected chi connectivity index (χ0v) is 15.1. The Morgan fingerprint density at radius 3 is 2.62 bits per heavy atom. The standard InChI is InChI=1S/C19H26N4O/c1-12(2)9-10-20-18-11-17(21-15(5)22-18)19(24)23-16-8-6-7-13(3)14(16)4/h6-8,11-12H,9-10H2,1-5H3,(H,23,24)(H,20,21,22). The molecule has 24 heavy (non-hydrogen) atoms. The molecule has 2 N–H and O–H groups in total. The van der Waals surface area contributed by atoms with Gasteiger partial charge < -0.3 is 10.6 Å². The van der Waals surface area contributed by atoms with E-state index in [1.807, 2.05) is 32.0 Å². The van der Waals surface area contributed by atoms with Crippen LogP contribution in [0.4, 0.5) is 11.5 Å². The van der Waals surface area contributed by atoms with Crippen LogP contribution in [0.3, 0.4) is 0 Å². The first-order valence-corrected chi connectivity index (χ1v) is 8.34. The van der Waals surface area contributed by atoms with Crippen molar-refractivity contribution in [2.45, 2.75) is 41.0 Å². The summed E-state index contributed by atoms with van der Waals surface area (Å²) < 4.78 is 0. The van der Waals surface area contributed by atoms with Crippen molar-refractivity contribution in [3.63, 3.8) is 0 Å². The molecule has 0 atom stereocenters. The zero-order valence-electron chi connectivity index (χ0n) is 15.1. The van der Waals surface area contributed by atoms with E-state index < -0.39 is 0 Å². The Bertz CT molecular complexity index is 725. The Kier molecular flexibility index (Phi) is 5.90. The number of amides is 1. The summed E-state index contributed by atoms with van der Waals surface area (Å²) >= 11 is 0. The summed E-state index contributed by atoms with van der Waals surface area (Å²) in [5.41, 5.74) is 3.38. The van der Waals surface area contributed by atoms with Gasteiger partial charge in [-0.1, -0.05) is 26.0 Å². The number of carbonyl (C=O) groups is 1. The average molecular weight is 326 g/mol. The topological polar surface area (TPSA) is 66.9 Å². The fourth-order valence-corrected chi connectivity index (χ4v) is 2.34. The lowest BCUT2D eigenvalue weighted by Gasteiger charge is -2.12. The molecule has 0 spiro atoms. The minimum atomic E-state index is -0.221. The summed E-state index contributed by atoms with van der Waals surface area (Å²) in [5.74, 6) is 1.67. The molecular weight excluding hydrogens is 300 g/mol. The van der Waals surface area contributed by atoms with Crippen molar-refractivity contribution in [1.82, 2.24) is 9.97 Å². The highest BCUT2D eigenvalue weighted by molar-refractivity contribution is 6.03. The summed E-state index contributed by atoms with van der Waals surface area (Å²) in [7, 11) is 0. The highest BCUT2D eigenvalue weighted by atomic mass is 16.1. The first-order valence-electron chi connectivity index (χ1n) is 8.34. The van der Waals surface area contributed by atoms with Crippen LogP contribution < -0.4 is 10.6 Å². The number of aromatic nitrogens is 2. The summed E-state index contributed by atoms with van der Waals surface area (Å²) in [6.07, 6.45) is 1.05. The molecule has 0 saturated carbocycles. The van der Waals surface area contributed by atoms with Gasteiger partial charge in [0.2, 0.25) is 0 Å². The fraction of sp³-hybridized carbons (Fsp3) is 0.421. The third-order valence-electron chi connectivity index (χ3n) is 3.95. The Morgan fingerprint density at radius 2 is 1.92 bits per heavy atom. The van der Waals surface area contributed by atoms with Crippen molar-refractivity contribution in [2.75, 3.05) is 17.2 Å². The van der Waals surface area contributed by atoms with Crippen LogP contribution in [0.15, 0.2) is 24.3 Å². The molecule has 0 bridgehead atoms. The van der Waals surface area contributed by atoms with Crippen LogP contribution in [0.1, 0.15) is 47.7 Å². The monoisotopic (exact) mass is 326 g/mol. The van der Waals surface area contributed by atoms with Crippen LogP contribution >= 0.6 is 0 Å². The summed E-state index contributed by atoms with van der Waals surface area (Å²) in [4.78, 5) is 21.1. The maximum absolute atomic E-state index is 12.5. The predicted octanol–water partition coefficient (Wildman–Crippen LogP) is 4.11. The van der Waals surface area contributed by atoms with Crippen LogP contribution in [0, 0.1) is 26.7 Å². The second kappa shape index (κ2) is 7.90. The van der Waals surface area contributed by atoms with Crippen LogP contribution in [0.25, 0.3) is 0 Å². The number of rotatable bonds is 6. The first kappa shape index (κ1) is 17.9. The van der Waals surface area contributed by atoms with Gasteiger partial charge >= 0.3 is 0 Å². The summed E-state index contributed by atoms with van der Waals surface area (Å²) in [6.45, 7) is 11.0. The van der Waals surface area contributed by atoms with Gasteiger partial charge in [0.25, 0.3) is 5.91 Å². The molecule has 2 aromatic rings. The number of aryl methyl sites for hydroxylation is 2. The van der Waals surface area contributed by atoms with Crippen molar-refractivity contribution >= 4 is 17.4 Å². The molecular formula is C19H26N4O. The van der Waals surface area contributed by atoms with E-state index in [-0.39, 0.29) is 5.91 Å². The van der Waals surface area contributed by atoms with Gasteiger partial charge in [-0.3, -0.25) is 4.79 Å². The Balaban J connectivity index is 2.14. The number of hydrogen-bond donors (Lipinski definition) is 2. The molecule has 5 heteroatoms. The van der Waals surface area contributed by atoms with Crippen LogP contribution in [-0.4, -0.2) is 22.4 Å². The second-order valence-corrected chi connectivity index (χ2v) is 6.50. The van der Waals surface area contributed by atoms with Gasteiger partial charge in [-0.05, 0) is 50.3 Å². The quantitative estimate of drug-likeness (QED) is 0.838. The molecule has 5 nitrogen and oxygen atoms in total. The molecule has 2 rings (SSSR count). The minimum absolute atomic E-state index is 0.221. The molecule has 0 unspecified atom stereocenters. The van der Waals surface area contributed by atoms with Crippen molar-refractivity contribution in [2.24, 2.45) is 5.92 Å². The van der Waals surface area contributed by atoms with Gasteiger partial charge in [0.15, 0.2) is 0 Å². The molecule has 0 aliphatic carbocycles. The largest absolute Gasteiger partial charge is 0.370 e. The van der Waals surface area contributed by atoms with Crippen LogP contribution in [0.5, 0.6) is 0 Å². The van der Waals surface area contributed by atoms with Crippen LogP contribution in [0.2, 0.25) is 0 Å². The molecule has 0 aliphatic heterocycles. The first-order chi connectivity index (χ1) is 11.4. The lowest BCUT2D eigenvalue weighted by Crippen LogP contribution is -2.17. The highest BCUT2D eigenvalue weighted by Gasteiger charge is 2.12. The number of benzene rings is 1. The number of nitrogens with zero attached hydrogens (tertiary/aromatic N) is 2. The normalized spacial score (nSPS) is 10.8. The number of carbonyl (C=O) groups excluding carboxylic acids is 1. The molecule has 0 fully saturated rings. The van der Waals surface area contributed by atoms with E-state index in [1.165, 1.54) is 0 Å². The Hall–Kier alpha value is -2.43. The molecule has 128 valence electrons. The van der Waals surface area contributed by atoms with Gasteiger partial charge in [0.05, 0.1) is 0 Å². The zero-order chi connectivity index (χ0) is 17.7. The van der Waals surface area contributed by atoms with Crippen molar-refractivity contribution in [3.8, 4) is 0 Å². The van der Waals surface area contributed by atoms with E-state index in [9.17, 15) is 4.79 Å². The Morgan fingerprint density at radius 1 is 1.17 bits per heavy atom. The van der Waals surface area contributed by atoms with E-state index in [0.717, 1.165) is 29.8 Å². The van der Waals surface area contributed by atoms with E-state index in [1.54, 1.807) is 13.0 Å². The summed E-state index contributed by atoms with van der Waals surface area (Å²) in [5, 5.41) is 6.20. The van der Waals surface area contributed by atoms with Gasteiger partial charge in [-0.15, -0.1) is 0 Å². The van der Waals surface area contributed by atoms with E-state index >= 15 is 0 Å². The third-order valence-corrected chi connectivity index (χ3v) is 3.95. The van der Waals surface area contributed by atoms with E-state index in [4.69, 9.17) is 0 Å². The van der Waals surface area contributed by atoms with E-state index in [2.05, 4.69) is 34.4 Å². The summed E-state index contributed by atoms with van der Waals surface area (Å²) in [6, 6.07) is 7.56. The maximum atomic E-state index is 12.5. The highest BCUT2D eigenvalue weighted by Crippen LogP contribution is 2.19. The molecule has 1 amide bonds. The molecule has 0 aliphatic rings. The molecule has 0 radical (unpaired) electrons. The lowest BCUT2D eigenvalue weighted by molar-refractivity contribution is 0.102. The SMILES string of the molecule is Cc1nc(NCCC(C)C)cc(C(=O)Nc2cccc(C)c2C)n1. The van der Waals surface area contributed by atoms with Gasteiger partial charge in [0, 0.05) is 18.3 Å². The predicted molar refractivity (Wildman–Crippen MR) is 98.6 cm³/mol. The smallest absolute Gasteiger partial charge is 0.274 e. The average Bonchev–Trinajstić information content (AvgIpc) is 2.51. The van der Waals surface area contributed by atoms with E-state index in [0.29, 0.717) is 23.3 Å². The van der Waals surface area contributed by atoms with Crippen molar-refractivity contribution < 1.29 is 4.79 Å². The second-order valence-electron chi connectivity index (χ2n) is 6.50. The number of nitrogens with one attached hydrogen (secondary N) is 2. The molecule has 1 aromatic heterocycles. The van der Waals surface area contributed by atoms with Gasteiger partial charge in [0.1, 0.15) is 17.3 Å².